The molecule has 0 fully saturated rings. The zero-order valence-corrected chi connectivity index (χ0v) is 19.3. The van der Waals surface area contributed by atoms with Gasteiger partial charge in [0.25, 0.3) is 0 Å². The summed E-state index contributed by atoms with van der Waals surface area (Å²) < 4.78 is 45.6. The van der Waals surface area contributed by atoms with Gasteiger partial charge in [-0.15, -0.1) is 0 Å². The van der Waals surface area contributed by atoms with Crippen LogP contribution in [0.25, 0.3) is 0 Å². The number of ketones is 1. The molecule has 2 rings (SSSR count). The van der Waals surface area contributed by atoms with Gasteiger partial charge in [0.1, 0.15) is 5.82 Å². The maximum Gasteiger partial charge on any atom is 0.341 e. The highest BCUT2D eigenvalue weighted by Crippen LogP contribution is 2.23. The van der Waals surface area contributed by atoms with Crippen LogP contribution in [0.4, 0.5) is 4.39 Å². The molecule has 0 radical (unpaired) electrons. The van der Waals surface area contributed by atoms with Gasteiger partial charge in [-0.1, -0.05) is 58.9 Å². The summed E-state index contributed by atoms with van der Waals surface area (Å²) in [5, 5.41) is 0. The molecule has 0 aromatic heterocycles. The Morgan fingerprint density at radius 2 is 1.58 bits per heavy atom. The number of nitrogens with zero attached hydrogens (tertiary/aromatic N) is 1. The minimum Gasteiger partial charge on any atom is -0.454 e. The molecule has 2 aromatic carbocycles. The second kappa shape index (κ2) is 9.70. The monoisotopic (exact) mass is 449 g/mol. The third-order valence-electron chi connectivity index (χ3n) is 4.91. The smallest absolute Gasteiger partial charge is 0.341 e. The third kappa shape index (κ3) is 5.77. The molecule has 0 amide bonds. The van der Waals surface area contributed by atoms with Gasteiger partial charge in [-0.2, -0.15) is 4.31 Å². The fourth-order valence-corrected chi connectivity index (χ4v) is 4.47. The average molecular weight is 450 g/mol. The quantitative estimate of drug-likeness (QED) is 0.446. The summed E-state index contributed by atoms with van der Waals surface area (Å²) in [5.41, 5.74) is 0.805. The maximum absolute atomic E-state index is 14.2. The van der Waals surface area contributed by atoms with E-state index in [-0.39, 0.29) is 23.4 Å². The van der Waals surface area contributed by atoms with Gasteiger partial charge >= 0.3 is 5.97 Å². The van der Waals surface area contributed by atoms with Crippen molar-refractivity contribution in [2.75, 3.05) is 19.7 Å². The second-order valence-electron chi connectivity index (χ2n) is 8.06. The molecule has 31 heavy (non-hydrogen) atoms. The fraction of sp³-hybridized carbons (Fsp3) is 0.391. The number of sulfonamides is 1. The molecule has 0 aliphatic heterocycles. The molecule has 0 aliphatic rings. The van der Waals surface area contributed by atoms with Crippen LogP contribution in [0.15, 0.2) is 47.4 Å². The first kappa shape index (κ1) is 24.7. The summed E-state index contributed by atoms with van der Waals surface area (Å²) in [6.07, 6.45) is 0. The number of hydrogen-bond acceptors (Lipinski definition) is 5. The number of halogens is 1. The summed E-state index contributed by atoms with van der Waals surface area (Å²) in [5.74, 6) is -2.47. The van der Waals surface area contributed by atoms with E-state index in [2.05, 4.69) is 20.8 Å². The number of esters is 1. The van der Waals surface area contributed by atoms with E-state index in [1.807, 2.05) is 12.1 Å². The van der Waals surface area contributed by atoms with Gasteiger partial charge < -0.3 is 4.74 Å². The number of rotatable bonds is 8. The molecule has 0 bridgehead atoms. The molecule has 6 nitrogen and oxygen atoms in total. The fourth-order valence-electron chi connectivity index (χ4n) is 2.98. The molecule has 0 N–H and O–H groups in total. The molecule has 2 aromatic rings. The summed E-state index contributed by atoms with van der Waals surface area (Å²) >= 11 is 0. The lowest BCUT2D eigenvalue weighted by atomic mass is 9.86. The predicted octanol–water partition coefficient (Wildman–Crippen LogP) is 4.19. The lowest BCUT2D eigenvalue weighted by Crippen LogP contribution is -2.30. The summed E-state index contributed by atoms with van der Waals surface area (Å²) in [6.45, 7) is 9.40. The highest BCUT2D eigenvalue weighted by atomic mass is 32.2. The minimum atomic E-state index is -3.87. The third-order valence-corrected chi connectivity index (χ3v) is 6.95. The topological polar surface area (TPSA) is 80.8 Å². The molecule has 168 valence electrons. The molecule has 0 unspecified atom stereocenters. The highest BCUT2D eigenvalue weighted by molar-refractivity contribution is 7.89. The van der Waals surface area contributed by atoms with Crippen molar-refractivity contribution < 1.29 is 27.1 Å². The molecule has 0 atom stereocenters. The number of Topliss-reactive ketones (excluding diaryl/α,β-unsaturated/α-hetero) is 1. The zero-order valence-electron chi connectivity index (χ0n) is 18.4. The average Bonchev–Trinajstić information content (AvgIpc) is 2.72. The van der Waals surface area contributed by atoms with Crippen molar-refractivity contribution in [3.05, 3.63) is 65.0 Å². The van der Waals surface area contributed by atoms with E-state index in [1.165, 1.54) is 4.31 Å². The Balaban J connectivity index is 2.16. The molecule has 0 aliphatic carbocycles. The van der Waals surface area contributed by atoms with Crippen molar-refractivity contribution in [1.82, 2.24) is 4.31 Å². The Morgan fingerprint density at radius 1 is 1.00 bits per heavy atom. The summed E-state index contributed by atoms with van der Waals surface area (Å²) in [7, 11) is -3.87. The SMILES string of the molecule is CCN(CC)S(=O)(=O)c1ccc(F)c(C(=O)OCC(=O)c2ccc(C(C)(C)C)cc2)c1. The number of hydrogen-bond donors (Lipinski definition) is 0. The molecular formula is C23H28FNO5S. The Bertz CT molecular complexity index is 1050. The maximum atomic E-state index is 14.2. The van der Waals surface area contributed by atoms with Gasteiger partial charge in [-0.05, 0) is 29.2 Å². The second-order valence-corrected chi connectivity index (χ2v) is 10.00. The van der Waals surface area contributed by atoms with Crippen molar-refractivity contribution in [1.29, 1.82) is 0 Å². The van der Waals surface area contributed by atoms with Crippen LogP contribution in [0.1, 0.15) is 60.9 Å². The van der Waals surface area contributed by atoms with Crippen molar-refractivity contribution in [2.45, 2.75) is 44.9 Å². The van der Waals surface area contributed by atoms with Gasteiger partial charge in [0, 0.05) is 18.7 Å². The van der Waals surface area contributed by atoms with E-state index in [0.29, 0.717) is 5.56 Å². The lowest BCUT2D eigenvalue weighted by Gasteiger charge is -2.19. The lowest BCUT2D eigenvalue weighted by molar-refractivity contribution is 0.0470. The largest absolute Gasteiger partial charge is 0.454 e. The van der Waals surface area contributed by atoms with Crippen molar-refractivity contribution >= 4 is 21.8 Å². The van der Waals surface area contributed by atoms with E-state index in [9.17, 15) is 22.4 Å². The first-order chi connectivity index (χ1) is 14.4. The Hall–Kier alpha value is -2.58. The first-order valence-electron chi connectivity index (χ1n) is 10.0. The van der Waals surface area contributed by atoms with Crippen LogP contribution in [-0.4, -0.2) is 44.2 Å². The number of carbonyl (C=O) groups is 2. The summed E-state index contributed by atoms with van der Waals surface area (Å²) in [6, 6.07) is 9.89. The predicted molar refractivity (Wildman–Crippen MR) is 116 cm³/mol. The molecule has 0 heterocycles. The Morgan fingerprint density at radius 3 is 2.10 bits per heavy atom. The van der Waals surface area contributed by atoms with E-state index in [0.717, 1.165) is 23.8 Å². The summed E-state index contributed by atoms with van der Waals surface area (Å²) in [4.78, 5) is 24.5. The van der Waals surface area contributed by atoms with Gasteiger partial charge in [0.15, 0.2) is 12.4 Å². The van der Waals surface area contributed by atoms with Crippen molar-refractivity contribution in [2.24, 2.45) is 0 Å². The number of benzene rings is 2. The molecule has 0 spiro atoms. The number of carbonyl (C=O) groups excluding carboxylic acids is 2. The van der Waals surface area contributed by atoms with Crippen LogP contribution in [0.3, 0.4) is 0 Å². The van der Waals surface area contributed by atoms with E-state index in [4.69, 9.17) is 4.74 Å². The van der Waals surface area contributed by atoms with Crippen LogP contribution in [0, 0.1) is 5.82 Å². The van der Waals surface area contributed by atoms with Gasteiger partial charge in [0.2, 0.25) is 10.0 Å². The van der Waals surface area contributed by atoms with Gasteiger partial charge in [-0.25, -0.2) is 17.6 Å². The number of ether oxygens (including phenoxy) is 1. The van der Waals surface area contributed by atoms with E-state index in [1.54, 1.807) is 26.0 Å². The standard InChI is InChI=1S/C23H28FNO5S/c1-6-25(7-2)31(28,29)18-12-13-20(24)19(14-18)22(27)30-15-21(26)16-8-10-17(11-9-16)23(3,4)5/h8-14H,6-7,15H2,1-5H3. The van der Waals surface area contributed by atoms with Crippen molar-refractivity contribution in [3.8, 4) is 0 Å². The van der Waals surface area contributed by atoms with E-state index < -0.39 is 39.8 Å². The van der Waals surface area contributed by atoms with Crippen LogP contribution in [0.2, 0.25) is 0 Å². The van der Waals surface area contributed by atoms with E-state index >= 15 is 0 Å². The highest BCUT2D eigenvalue weighted by Gasteiger charge is 2.25. The Kier molecular flexibility index (Phi) is 7.72. The molecular weight excluding hydrogens is 421 g/mol. The molecule has 8 heteroatoms. The van der Waals surface area contributed by atoms with Crippen LogP contribution in [-0.2, 0) is 20.2 Å². The van der Waals surface area contributed by atoms with Gasteiger partial charge in [0.05, 0.1) is 10.5 Å². The minimum absolute atomic E-state index is 0.0674. The molecule has 0 saturated heterocycles. The van der Waals surface area contributed by atoms with Crippen LogP contribution in [0.5, 0.6) is 0 Å². The van der Waals surface area contributed by atoms with Crippen LogP contribution < -0.4 is 0 Å². The van der Waals surface area contributed by atoms with Gasteiger partial charge in [-0.3, -0.25) is 4.79 Å². The first-order valence-corrected chi connectivity index (χ1v) is 11.5. The van der Waals surface area contributed by atoms with Crippen molar-refractivity contribution in [3.63, 3.8) is 0 Å². The normalized spacial score (nSPS) is 12.1. The molecule has 0 saturated carbocycles. The Labute approximate surface area is 183 Å². The zero-order chi connectivity index (χ0) is 23.4. The van der Waals surface area contributed by atoms with Crippen LogP contribution >= 0.6 is 0 Å².